The van der Waals surface area contributed by atoms with Crippen LogP contribution in [0.2, 0.25) is 0 Å². The molecule has 0 aliphatic rings. The predicted molar refractivity (Wildman–Crippen MR) is 73.9 cm³/mol. The van der Waals surface area contributed by atoms with E-state index in [-0.39, 0.29) is 5.75 Å². The molecular weight excluding hydrogens is 242 g/mol. The van der Waals surface area contributed by atoms with Gasteiger partial charge in [0.1, 0.15) is 5.75 Å². The number of hydrogen-bond donors (Lipinski definition) is 3. The molecule has 2 aromatic carbocycles. The molecule has 0 aliphatic heterocycles. The molecule has 2 amide bonds. The third-order valence-corrected chi connectivity index (χ3v) is 2.48. The molecule has 0 aliphatic carbocycles. The van der Waals surface area contributed by atoms with E-state index in [0.29, 0.717) is 0 Å². The van der Waals surface area contributed by atoms with Crippen LogP contribution in [0.15, 0.2) is 53.6 Å². The topological polar surface area (TPSA) is 87.7 Å². The number of hydrazone groups is 1. The lowest BCUT2D eigenvalue weighted by Crippen LogP contribution is -2.24. The summed E-state index contributed by atoms with van der Waals surface area (Å²) < 4.78 is 0. The Bertz CT molecular complexity index is 606. The average Bonchev–Trinajstić information content (AvgIpc) is 2.39. The minimum Gasteiger partial charge on any atom is -0.508 e. The Labute approximate surface area is 110 Å². The van der Waals surface area contributed by atoms with Gasteiger partial charge in [0.2, 0.25) is 0 Å². The van der Waals surface area contributed by atoms with Gasteiger partial charge in [-0.25, -0.2) is 10.2 Å². The second kappa shape index (κ2) is 5.68. The lowest BCUT2D eigenvalue weighted by atomic mass is 10.0. The number of carbonyl (C=O) groups excluding carboxylic acids is 1. The Morgan fingerprint density at radius 3 is 2.58 bits per heavy atom. The molecule has 0 spiro atoms. The summed E-state index contributed by atoms with van der Waals surface area (Å²) in [4.78, 5) is 10.5. The van der Waals surface area contributed by atoms with Gasteiger partial charge in [-0.2, -0.15) is 5.10 Å². The van der Waals surface area contributed by atoms with Crippen molar-refractivity contribution >= 4 is 12.2 Å². The van der Waals surface area contributed by atoms with Crippen molar-refractivity contribution in [3.63, 3.8) is 0 Å². The summed E-state index contributed by atoms with van der Waals surface area (Å²) >= 11 is 0. The molecule has 0 bridgehead atoms. The summed E-state index contributed by atoms with van der Waals surface area (Å²) in [5.74, 6) is 0.229. The molecule has 2 rings (SSSR count). The second-order valence-electron chi connectivity index (χ2n) is 3.91. The summed E-state index contributed by atoms with van der Waals surface area (Å²) in [5.41, 5.74) is 9.84. The molecule has 4 N–H and O–H groups in total. The Kier molecular flexibility index (Phi) is 3.78. The van der Waals surface area contributed by atoms with E-state index >= 15 is 0 Å². The monoisotopic (exact) mass is 255 g/mol. The van der Waals surface area contributed by atoms with E-state index in [1.165, 1.54) is 6.21 Å². The largest absolute Gasteiger partial charge is 0.508 e. The first-order valence-electron chi connectivity index (χ1n) is 5.63. The fourth-order valence-corrected chi connectivity index (χ4v) is 1.62. The summed E-state index contributed by atoms with van der Waals surface area (Å²) in [6.45, 7) is 0. The minimum atomic E-state index is -0.703. The number of primary amides is 1. The molecule has 0 unspecified atom stereocenters. The Hall–Kier alpha value is -2.82. The maximum atomic E-state index is 10.5. The van der Waals surface area contributed by atoms with Crippen molar-refractivity contribution in [3.05, 3.63) is 54.1 Å². The predicted octanol–water partition coefficient (Wildman–Crippen LogP) is 2.06. The molecular formula is C14H13N3O2. The van der Waals surface area contributed by atoms with Crippen molar-refractivity contribution in [2.75, 3.05) is 0 Å². The van der Waals surface area contributed by atoms with Crippen LogP contribution < -0.4 is 11.2 Å². The number of benzene rings is 2. The molecule has 0 atom stereocenters. The lowest BCUT2D eigenvalue weighted by Gasteiger charge is -2.03. The van der Waals surface area contributed by atoms with E-state index in [1.807, 2.05) is 36.4 Å². The second-order valence-corrected chi connectivity index (χ2v) is 3.91. The highest BCUT2D eigenvalue weighted by molar-refractivity contribution is 5.83. The number of phenols is 1. The summed E-state index contributed by atoms with van der Waals surface area (Å²) in [7, 11) is 0. The number of urea groups is 1. The fourth-order valence-electron chi connectivity index (χ4n) is 1.62. The van der Waals surface area contributed by atoms with E-state index in [2.05, 4.69) is 10.5 Å². The molecule has 0 saturated heterocycles. The van der Waals surface area contributed by atoms with Gasteiger partial charge >= 0.3 is 6.03 Å². The van der Waals surface area contributed by atoms with Crippen LogP contribution in [0.1, 0.15) is 5.56 Å². The van der Waals surface area contributed by atoms with Crippen LogP contribution in [0.25, 0.3) is 11.1 Å². The lowest BCUT2D eigenvalue weighted by molar-refractivity contribution is 0.249. The molecule has 96 valence electrons. The molecule has 5 nitrogen and oxygen atoms in total. The van der Waals surface area contributed by atoms with Gasteiger partial charge in [0.15, 0.2) is 0 Å². The maximum Gasteiger partial charge on any atom is 0.332 e. The number of aromatic hydroxyl groups is 1. The highest BCUT2D eigenvalue weighted by Gasteiger charge is 1.98. The van der Waals surface area contributed by atoms with Crippen LogP contribution in [0.5, 0.6) is 5.75 Å². The molecule has 0 radical (unpaired) electrons. The third-order valence-electron chi connectivity index (χ3n) is 2.48. The van der Waals surface area contributed by atoms with Crippen LogP contribution in [0.4, 0.5) is 4.79 Å². The van der Waals surface area contributed by atoms with E-state index < -0.39 is 6.03 Å². The van der Waals surface area contributed by atoms with Crippen molar-refractivity contribution in [1.82, 2.24) is 5.43 Å². The van der Waals surface area contributed by atoms with Crippen molar-refractivity contribution in [2.45, 2.75) is 0 Å². The zero-order valence-corrected chi connectivity index (χ0v) is 10.1. The van der Waals surface area contributed by atoms with Crippen molar-refractivity contribution in [2.24, 2.45) is 10.8 Å². The normalized spacial score (nSPS) is 10.5. The zero-order valence-electron chi connectivity index (χ0n) is 10.1. The van der Waals surface area contributed by atoms with Gasteiger partial charge < -0.3 is 10.8 Å². The van der Waals surface area contributed by atoms with E-state index in [4.69, 9.17) is 5.73 Å². The van der Waals surface area contributed by atoms with Crippen LogP contribution in [0, 0.1) is 0 Å². The zero-order chi connectivity index (χ0) is 13.7. The molecule has 5 heteroatoms. The number of rotatable bonds is 3. The van der Waals surface area contributed by atoms with Gasteiger partial charge in [0.25, 0.3) is 0 Å². The highest BCUT2D eigenvalue weighted by atomic mass is 16.3. The third kappa shape index (κ3) is 3.57. The Morgan fingerprint density at radius 2 is 1.89 bits per heavy atom. The first-order chi connectivity index (χ1) is 9.15. The van der Waals surface area contributed by atoms with Gasteiger partial charge in [-0.3, -0.25) is 0 Å². The number of hydrogen-bond acceptors (Lipinski definition) is 3. The van der Waals surface area contributed by atoms with E-state index in [1.54, 1.807) is 12.1 Å². The molecule has 19 heavy (non-hydrogen) atoms. The number of amides is 2. The van der Waals surface area contributed by atoms with Crippen LogP contribution in [-0.2, 0) is 0 Å². The summed E-state index contributed by atoms with van der Waals surface area (Å²) in [5, 5.41) is 13.0. The quantitative estimate of drug-likeness (QED) is 0.579. The maximum absolute atomic E-state index is 10.5. The molecule has 0 saturated carbocycles. The van der Waals surface area contributed by atoms with E-state index in [0.717, 1.165) is 16.7 Å². The smallest absolute Gasteiger partial charge is 0.332 e. The van der Waals surface area contributed by atoms with Crippen LogP contribution >= 0.6 is 0 Å². The van der Waals surface area contributed by atoms with E-state index in [9.17, 15) is 9.90 Å². The van der Waals surface area contributed by atoms with Crippen LogP contribution in [0.3, 0.4) is 0 Å². The molecule has 2 aromatic rings. The number of nitrogens with zero attached hydrogens (tertiary/aromatic N) is 1. The summed E-state index contributed by atoms with van der Waals surface area (Å²) in [6, 6.07) is 13.8. The van der Waals surface area contributed by atoms with Crippen molar-refractivity contribution in [1.29, 1.82) is 0 Å². The Morgan fingerprint density at radius 1 is 1.16 bits per heavy atom. The van der Waals surface area contributed by atoms with Gasteiger partial charge in [0.05, 0.1) is 6.21 Å². The van der Waals surface area contributed by atoms with Crippen molar-refractivity contribution in [3.8, 4) is 16.9 Å². The standard InChI is InChI=1S/C14H13N3O2/c15-14(19)17-16-9-10-2-1-3-12(8-10)11-4-6-13(18)7-5-11/h1-9,18H,(H3,15,17,19). The highest BCUT2D eigenvalue weighted by Crippen LogP contribution is 2.22. The average molecular weight is 255 g/mol. The first kappa shape index (κ1) is 12.6. The number of nitrogens with two attached hydrogens (primary N) is 1. The molecule has 0 fully saturated rings. The van der Waals surface area contributed by atoms with Gasteiger partial charge in [-0.05, 0) is 34.9 Å². The van der Waals surface area contributed by atoms with Gasteiger partial charge in [-0.1, -0.05) is 30.3 Å². The number of nitrogens with one attached hydrogen (secondary N) is 1. The Balaban J connectivity index is 2.21. The molecule has 0 aromatic heterocycles. The van der Waals surface area contributed by atoms with Gasteiger partial charge in [0, 0.05) is 0 Å². The minimum absolute atomic E-state index is 0.229. The SMILES string of the molecule is NC(=O)NN=Cc1cccc(-c2ccc(O)cc2)c1. The molecule has 0 heterocycles. The first-order valence-corrected chi connectivity index (χ1v) is 5.63. The summed E-state index contributed by atoms with van der Waals surface area (Å²) in [6.07, 6.45) is 1.51. The fraction of sp³-hybridized carbons (Fsp3) is 0. The van der Waals surface area contributed by atoms with Crippen LogP contribution in [-0.4, -0.2) is 17.4 Å². The van der Waals surface area contributed by atoms with Gasteiger partial charge in [-0.15, -0.1) is 0 Å². The number of carbonyl (C=O) groups is 1. The van der Waals surface area contributed by atoms with Crippen molar-refractivity contribution < 1.29 is 9.90 Å². The number of phenolic OH excluding ortho intramolecular Hbond substituents is 1.